The molecule has 0 aliphatic carbocycles. The number of carboxylic acid groups (broad SMARTS) is 1. The van der Waals surface area contributed by atoms with Crippen LogP contribution in [0.2, 0.25) is 0 Å². The van der Waals surface area contributed by atoms with Gasteiger partial charge in [-0.25, -0.2) is 4.79 Å². The normalized spacial score (nSPS) is 10.3. The SMILES string of the molecule is Cc1cccc(Sc2ccc(C(=O)O)cc2N)c1. The van der Waals surface area contributed by atoms with Crippen molar-refractivity contribution in [2.24, 2.45) is 0 Å². The molecular formula is C14H13NO2S. The fourth-order valence-corrected chi connectivity index (χ4v) is 2.54. The molecule has 0 aliphatic rings. The van der Waals surface area contributed by atoms with Crippen molar-refractivity contribution in [1.82, 2.24) is 0 Å². The second kappa shape index (κ2) is 5.14. The Morgan fingerprint density at radius 1 is 1.22 bits per heavy atom. The quantitative estimate of drug-likeness (QED) is 0.829. The molecule has 0 heterocycles. The summed E-state index contributed by atoms with van der Waals surface area (Å²) in [6.45, 7) is 2.03. The summed E-state index contributed by atoms with van der Waals surface area (Å²) in [5, 5.41) is 8.86. The van der Waals surface area contributed by atoms with Gasteiger partial charge in [-0.05, 0) is 37.3 Å². The Bertz CT molecular complexity index is 596. The lowest BCUT2D eigenvalue weighted by Crippen LogP contribution is -1.98. The summed E-state index contributed by atoms with van der Waals surface area (Å²) >= 11 is 1.53. The maximum absolute atomic E-state index is 10.8. The van der Waals surface area contributed by atoms with Crippen LogP contribution >= 0.6 is 11.8 Å². The van der Waals surface area contributed by atoms with E-state index in [2.05, 4.69) is 6.07 Å². The Balaban J connectivity index is 2.27. The molecule has 0 saturated heterocycles. The van der Waals surface area contributed by atoms with Gasteiger partial charge in [0.15, 0.2) is 0 Å². The van der Waals surface area contributed by atoms with Crippen molar-refractivity contribution in [3.8, 4) is 0 Å². The molecule has 92 valence electrons. The highest BCUT2D eigenvalue weighted by Crippen LogP contribution is 2.32. The largest absolute Gasteiger partial charge is 0.478 e. The highest BCUT2D eigenvalue weighted by molar-refractivity contribution is 7.99. The maximum atomic E-state index is 10.8. The Morgan fingerprint density at radius 2 is 2.00 bits per heavy atom. The number of nitrogen functional groups attached to an aromatic ring is 1. The Kier molecular flexibility index (Phi) is 3.58. The number of anilines is 1. The minimum Gasteiger partial charge on any atom is -0.478 e. The molecule has 3 N–H and O–H groups in total. The summed E-state index contributed by atoms with van der Waals surface area (Å²) in [5.41, 5.74) is 7.74. The summed E-state index contributed by atoms with van der Waals surface area (Å²) < 4.78 is 0. The molecule has 0 unspecified atom stereocenters. The average molecular weight is 259 g/mol. The highest BCUT2D eigenvalue weighted by Gasteiger charge is 2.07. The number of hydrogen-bond acceptors (Lipinski definition) is 3. The van der Waals surface area contributed by atoms with Crippen molar-refractivity contribution in [2.45, 2.75) is 16.7 Å². The van der Waals surface area contributed by atoms with Gasteiger partial charge in [0.1, 0.15) is 0 Å². The highest BCUT2D eigenvalue weighted by atomic mass is 32.2. The molecule has 3 nitrogen and oxygen atoms in total. The van der Waals surface area contributed by atoms with E-state index in [9.17, 15) is 4.79 Å². The zero-order chi connectivity index (χ0) is 13.1. The number of hydrogen-bond donors (Lipinski definition) is 2. The summed E-state index contributed by atoms with van der Waals surface area (Å²) in [4.78, 5) is 12.8. The van der Waals surface area contributed by atoms with E-state index in [1.54, 1.807) is 12.1 Å². The van der Waals surface area contributed by atoms with Gasteiger partial charge in [-0.15, -0.1) is 0 Å². The number of nitrogens with two attached hydrogens (primary N) is 1. The predicted octanol–water partition coefficient (Wildman–Crippen LogP) is 3.43. The second-order valence-electron chi connectivity index (χ2n) is 3.98. The molecule has 2 rings (SSSR count). The van der Waals surface area contributed by atoms with Crippen molar-refractivity contribution in [2.75, 3.05) is 5.73 Å². The van der Waals surface area contributed by atoms with Crippen molar-refractivity contribution in [1.29, 1.82) is 0 Å². The van der Waals surface area contributed by atoms with E-state index in [-0.39, 0.29) is 5.56 Å². The number of carboxylic acids is 1. The van der Waals surface area contributed by atoms with Crippen LogP contribution in [0, 0.1) is 6.92 Å². The van der Waals surface area contributed by atoms with Crippen molar-refractivity contribution in [3.05, 3.63) is 53.6 Å². The summed E-state index contributed by atoms with van der Waals surface area (Å²) in [7, 11) is 0. The van der Waals surface area contributed by atoms with Gasteiger partial charge >= 0.3 is 5.97 Å². The van der Waals surface area contributed by atoms with Gasteiger partial charge in [0, 0.05) is 15.5 Å². The van der Waals surface area contributed by atoms with Gasteiger partial charge < -0.3 is 10.8 Å². The Morgan fingerprint density at radius 3 is 2.61 bits per heavy atom. The second-order valence-corrected chi connectivity index (χ2v) is 5.09. The van der Waals surface area contributed by atoms with Gasteiger partial charge in [-0.3, -0.25) is 0 Å². The smallest absolute Gasteiger partial charge is 0.335 e. The van der Waals surface area contributed by atoms with E-state index < -0.39 is 5.97 Å². The molecule has 0 radical (unpaired) electrons. The van der Waals surface area contributed by atoms with Gasteiger partial charge in [-0.2, -0.15) is 0 Å². The van der Waals surface area contributed by atoms with Crippen LogP contribution in [-0.2, 0) is 0 Å². The number of carbonyl (C=O) groups is 1. The zero-order valence-electron chi connectivity index (χ0n) is 9.88. The van der Waals surface area contributed by atoms with Crippen LogP contribution in [-0.4, -0.2) is 11.1 Å². The third-order valence-electron chi connectivity index (χ3n) is 2.47. The molecule has 0 atom stereocenters. The van der Waals surface area contributed by atoms with E-state index in [4.69, 9.17) is 10.8 Å². The molecule has 18 heavy (non-hydrogen) atoms. The van der Waals surface area contributed by atoms with E-state index in [1.807, 2.05) is 25.1 Å². The van der Waals surface area contributed by atoms with Crippen LogP contribution in [0.25, 0.3) is 0 Å². The molecular weight excluding hydrogens is 246 g/mol. The third kappa shape index (κ3) is 2.84. The van der Waals surface area contributed by atoms with Crippen LogP contribution < -0.4 is 5.73 Å². The van der Waals surface area contributed by atoms with E-state index in [0.717, 1.165) is 9.79 Å². The zero-order valence-corrected chi connectivity index (χ0v) is 10.7. The fraction of sp³-hybridized carbons (Fsp3) is 0.0714. The summed E-state index contributed by atoms with van der Waals surface area (Å²) in [6, 6.07) is 12.9. The van der Waals surface area contributed by atoms with Gasteiger partial charge in [0.2, 0.25) is 0 Å². The number of aryl methyl sites for hydroxylation is 1. The summed E-state index contributed by atoms with van der Waals surface area (Å²) in [5.74, 6) is -0.964. The summed E-state index contributed by atoms with van der Waals surface area (Å²) in [6.07, 6.45) is 0. The average Bonchev–Trinajstić information content (AvgIpc) is 2.31. The molecule has 0 saturated carbocycles. The number of benzene rings is 2. The van der Waals surface area contributed by atoms with Gasteiger partial charge in [0.05, 0.1) is 5.56 Å². The maximum Gasteiger partial charge on any atom is 0.335 e. The van der Waals surface area contributed by atoms with Crippen molar-refractivity contribution in [3.63, 3.8) is 0 Å². The molecule has 4 heteroatoms. The number of rotatable bonds is 3. The lowest BCUT2D eigenvalue weighted by atomic mass is 10.2. The van der Waals surface area contributed by atoms with Gasteiger partial charge in [0.25, 0.3) is 0 Å². The first kappa shape index (κ1) is 12.5. The standard InChI is InChI=1S/C14H13NO2S/c1-9-3-2-4-11(7-9)18-13-6-5-10(14(16)17)8-12(13)15/h2-8H,15H2,1H3,(H,16,17). The van der Waals surface area contributed by atoms with Crippen LogP contribution in [0.5, 0.6) is 0 Å². The van der Waals surface area contributed by atoms with E-state index in [0.29, 0.717) is 5.69 Å². The third-order valence-corrected chi connectivity index (χ3v) is 3.56. The first-order valence-electron chi connectivity index (χ1n) is 5.43. The number of aromatic carboxylic acids is 1. The van der Waals surface area contributed by atoms with Crippen LogP contribution in [0.3, 0.4) is 0 Å². The molecule has 0 aliphatic heterocycles. The molecule has 2 aromatic carbocycles. The molecule has 0 spiro atoms. The van der Waals surface area contributed by atoms with E-state index in [1.165, 1.54) is 23.4 Å². The van der Waals surface area contributed by atoms with Crippen LogP contribution in [0.4, 0.5) is 5.69 Å². The lowest BCUT2D eigenvalue weighted by molar-refractivity contribution is 0.0697. The molecule has 0 fully saturated rings. The van der Waals surface area contributed by atoms with Crippen molar-refractivity contribution < 1.29 is 9.90 Å². The minimum atomic E-state index is -0.964. The molecule has 0 bridgehead atoms. The Hall–Kier alpha value is -1.94. The van der Waals surface area contributed by atoms with Crippen molar-refractivity contribution >= 4 is 23.4 Å². The van der Waals surface area contributed by atoms with E-state index >= 15 is 0 Å². The fourth-order valence-electron chi connectivity index (χ4n) is 1.58. The first-order chi connectivity index (χ1) is 8.56. The monoisotopic (exact) mass is 259 g/mol. The van der Waals surface area contributed by atoms with Crippen LogP contribution in [0.15, 0.2) is 52.3 Å². The minimum absolute atomic E-state index is 0.209. The Labute approximate surface area is 110 Å². The predicted molar refractivity (Wildman–Crippen MR) is 73.1 cm³/mol. The lowest BCUT2D eigenvalue weighted by Gasteiger charge is -2.07. The molecule has 0 amide bonds. The first-order valence-corrected chi connectivity index (χ1v) is 6.25. The van der Waals surface area contributed by atoms with Crippen LogP contribution in [0.1, 0.15) is 15.9 Å². The molecule has 0 aromatic heterocycles. The topological polar surface area (TPSA) is 63.3 Å². The van der Waals surface area contributed by atoms with Gasteiger partial charge in [-0.1, -0.05) is 29.5 Å². The molecule has 2 aromatic rings.